The number of nitrogens with zero attached hydrogens (tertiary/aromatic N) is 4. The average molecular weight is 766 g/mol. The van der Waals surface area contributed by atoms with Crippen molar-refractivity contribution in [3.05, 3.63) is 48.5 Å². The first kappa shape index (κ1) is 36.7. The molecule has 0 bridgehead atoms. The van der Waals surface area contributed by atoms with Gasteiger partial charge in [-0.1, -0.05) is 25.0 Å². The van der Waals surface area contributed by atoms with E-state index in [1.165, 1.54) is 22.3 Å². The molecule has 2 saturated carbocycles. The number of rotatable bonds is 10. The predicted molar refractivity (Wildman–Crippen MR) is 195 cm³/mol. The third-order valence-electron chi connectivity index (χ3n) is 10.0. The van der Waals surface area contributed by atoms with Crippen LogP contribution in [0.5, 0.6) is 5.88 Å². The minimum atomic E-state index is -3.90. The number of sulfonamides is 1. The molecule has 2 aliphatic carbocycles. The van der Waals surface area contributed by atoms with E-state index in [-0.39, 0.29) is 18.7 Å². The summed E-state index contributed by atoms with van der Waals surface area (Å²) in [7, 11) is -3.90. The normalized spacial score (nSPS) is 27.2. The first-order valence-electron chi connectivity index (χ1n) is 17.8. The Morgan fingerprint density at radius 2 is 1.87 bits per heavy atom. The highest BCUT2D eigenvalue weighted by molar-refractivity contribution is 7.91. The molecule has 0 radical (unpaired) electrons. The summed E-state index contributed by atoms with van der Waals surface area (Å²) in [6, 6.07) is 4.51. The van der Waals surface area contributed by atoms with E-state index in [2.05, 4.69) is 31.9 Å². The van der Waals surface area contributed by atoms with Crippen molar-refractivity contribution in [2.24, 2.45) is 5.92 Å². The average Bonchev–Trinajstić information content (AvgIpc) is 4.00. The first-order valence-corrected chi connectivity index (χ1v) is 20.3. The maximum Gasteiger partial charge on any atom is 0.408 e. The molecule has 4 amide bonds. The molecule has 6 atom stereocenters. The van der Waals surface area contributed by atoms with Crippen LogP contribution in [0.3, 0.4) is 0 Å². The number of fused-ring (bicyclic) bond motifs is 2. The highest BCUT2D eigenvalue weighted by Crippen LogP contribution is 2.46. The number of hydrogen-bond donors (Lipinski definition) is 3. The van der Waals surface area contributed by atoms with Crippen molar-refractivity contribution < 1.29 is 37.1 Å². The molecule has 0 spiro atoms. The van der Waals surface area contributed by atoms with Crippen LogP contribution in [0.2, 0.25) is 0 Å². The second kappa shape index (κ2) is 14.0. The van der Waals surface area contributed by atoms with Gasteiger partial charge < -0.3 is 25.0 Å². The van der Waals surface area contributed by atoms with E-state index in [1.807, 2.05) is 17.5 Å². The van der Waals surface area contributed by atoms with E-state index in [1.54, 1.807) is 39.1 Å². The monoisotopic (exact) mass is 765 g/mol. The Kier molecular flexibility index (Phi) is 9.68. The summed E-state index contributed by atoms with van der Waals surface area (Å²) in [6.45, 7) is 8.95. The highest BCUT2D eigenvalue weighted by Gasteiger charge is 2.62. The van der Waals surface area contributed by atoms with Gasteiger partial charge in [0.05, 0.1) is 16.8 Å². The zero-order valence-corrected chi connectivity index (χ0v) is 31.4. The molecular formula is C36H43N7O8S2. The molecule has 53 heavy (non-hydrogen) atoms. The topological polar surface area (TPSA) is 199 Å². The van der Waals surface area contributed by atoms with Crippen LogP contribution in [-0.2, 0) is 29.1 Å². The van der Waals surface area contributed by atoms with E-state index in [0.29, 0.717) is 60.3 Å². The largest absolute Gasteiger partial charge is 0.471 e. The van der Waals surface area contributed by atoms with Gasteiger partial charge in [-0.25, -0.2) is 18.2 Å². The van der Waals surface area contributed by atoms with Crippen LogP contribution in [0.1, 0.15) is 72.1 Å². The van der Waals surface area contributed by atoms with Gasteiger partial charge in [0.2, 0.25) is 27.7 Å². The summed E-state index contributed by atoms with van der Waals surface area (Å²) >= 11 is 1.40. The molecule has 2 aliphatic heterocycles. The van der Waals surface area contributed by atoms with Gasteiger partial charge in [-0.05, 0) is 76.5 Å². The summed E-state index contributed by atoms with van der Waals surface area (Å²) in [5.41, 5.74) is -1.17. The minimum Gasteiger partial charge on any atom is -0.471 e. The molecular weight excluding hydrogens is 723 g/mol. The number of nitrogens with one attached hydrogen (secondary N) is 3. The number of thiophene rings is 1. The Morgan fingerprint density at radius 3 is 2.55 bits per heavy atom. The molecule has 17 heteroatoms. The van der Waals surface area contributed by atoms with E-state index in [4.69, 9.17) is 14.5 Å². The van der Waals surface area contributed by atoms with Gasteiger partial charge in [-0.15, -0.1) is 17.9 Å². The molecule has 4 fully saturated rings. The Hall–Kier alpha value is -4.64. The van der Waals surface area contributed by atoms with Crippen molar-refractivity contribution in [1.82, 2.24) is 35.2 Å². The van der Waals surface area contributed by atoms with Gasteiger partial charge in [0.15, 0.2) is 5.82 Å². The molecule has 0 aromatic carbocycles. The maximum absolute atomic E-state index is 14.5. The lowest BCUT2D eigenvalue weighted by Crippen LogP contribution is -2.60. The highest BCUT2D eigenvalue weighted by atomic mass is 32.2. The molecule has 5 heterocycles. The Balaban J connectivity index is 1.21. The second-order valence-electron chi connectivity index (χ2n) is 15.1. The Labute approximate surface area is 311 Å². The van der Waals surface area contributed by atoms with Gasteiger partial charge >= 0.3 is 6.09 Å². The van der Waals surface area contributed by atoms with E-state index >= 15 is 0 Å². The number of amides is 4. The van der Waals surface area contributed by atoms with Crippen LogP contribution in [0, 0.1) is 5.92 Å². The van der Waals surface area contributed by atoms with Crippen LogP contribution in [0.25, 0.3) is 21.7 Å². The fraction of sp³-hybridized carbons (Fsp3) is 0.528. The molecule has 3 aromatic rings. The fourth-order valence-electron chi connectivity index (χ4n) is 7.18. The number of hydrogen-bond acceptors (Lipinski definition) is 12. The van der Waals surface area contributed by atoms with E-state index < -0.39 is 80.4 Å². The first-order chi connectivity index (χ1) is 25.2. The number of pyridine rings is 1. The van der Waals surface area contributed by atoms with E-state index in [9.17, 15) is 27.6 Å². The quantitative estimate of drug-likeness (QED) is 0.255. The maximum atomic E-state index is 14.5. The number of aromatic nitrogens is 3. The number of carbonyl (C=O) groups is 4. The van der Waals surface area contributed by atoms with Gasteiger partial charge in [0.25, 0.3) is 5.91 Å². The number of ether oxygens (including phenoxy) is 2. The van der Waals surface area contributed by atoms with Crippen LogP contribution >= 0.6 is 11.3 Å². The fourth-order valence-corrected chi connectivity index (χ4v) is 9.31. The minimum absolute atomic E-state index is 0.0357. The van der Waals surface area contributed by atoms with Gasteiger partial charge in [-0.2, -0.15) is 4.98 Å². The van der Waals surface area contributed by atoms with Crippen molar-refractivity contribution >= 4 is 55.4 Å². The predicted octanol–water partition coefficient (Wildman–Crippen LogP) is 3.61. The standard InChI is InChI=1S/C36H43N7O8S2/c1-5-20-19-36(20,33(46)42-53(48,49)21-13-14-21)41-30(44)26-18-27(25-12-7-6-11-24(32(45)43(25)26)39-34(47)51-35(2,3)4)50-31-28-22(15-17-52-28)38-29(40-31)23-10-8-9-16-37-23/h5,8-10,15-17,20-21,24-27H,1,6-7,11-14,18-19H2,2-4H3,(H,39,47)(H,41,44)(H,42,46)/t20-,24?,25?,26+,27-,36?/m1/s1. The third-order valence-corrected chi connectivity index (χ3v) is 12.8. The third kappa shape index (κ3) is 7.58. The SMILES string of the molecule is C=C[C@@H]1CC1(NC(=O)[C@@H]1C[C@@H](Oc2nc(-c3ccccn3)nc3ccsc23)C2CCCCC(NC(=O)OC(C)(C)C)C(=O)N21)C(=O)NS(=O)(=O)C1CC1. The molecule has 7 rings (SSSR count). The molecule has 3 N–H and O–H groups in total. The van der Waals surface area contributed by atoms with Crippen molar-refractivity contribution in [1.29, 1.82) is 0 Å². The summed E-state index contributed by atoms with van der Waals surface area (Å²) in [5.74, 6) is -1.86. The van der Waals surface area contributed by atoms with E-state index in [0.717, 1.165) is 0 Å². The smallest absolute Gasteiger partial charge is 0.408 e. The lowest BCUT2D eigenvalue weighted by Gasteiger charge is -2.36. The van der Waals surface area contributed by atoms with Crippen molar-refractivity contribution in [3.8, 4) is 17.4 Å². The van der Waals surface area contributed by atoms with Crippen LogP contribution in [0.4, 0.5) is 4.79 Å². The van der Waals surface area contributed by atoms with Crippen molar-refractivity contribution in [2.75, 3.05) is 0 Å². The molecule has 2 saturated heterocycles. The zero-order valence-electron chi connectivity index (χ0n) is 29.7. The molecule has 3 aromatic heterocycles. The zero-order chi connectivity index (χ0) is 37.7. The van der Waals surface area contributed by atoms with Crippen molar-refractivity contribution in [3.63, 3.8) is 0 Å². The van der Waals surface area contributed by atoms with Crippen LogP contribution < -0.4 is 20.1 Å². The summed E-state index contributed by atoms with van der Waals surface area (Å²) < 4.78 is 40.5. The lowest BCUT2D eigenvalue weighted by atomic mass is 9.98. The summed E-state index contributed by atoms with van der Waals surface area (Å²) in [5, 5.41) is 6.78. The molecule has 282 valence electrons. The molecule has 15 nitrogen and oxygen atoms in total. The summed E-state index contributed by atoms with van der Waals surface area (Å²) in [4.78, 5) is 70.7. The Bertz CT molecular complexity index is 2050. The molecule has 4 aliphatic rings. The van der Waals surface area contributed by atoms with Gasteiger partial charge in [0, 0.05) is 18.5 Å². The molecule has 3 unspecified atom stereocenters. The van der Waals surface area contributed by atoms with Gasteiger partial charge in [-0.3, -0.25) is 24.1 Å². The summed E-state index contributed by atoms with van der Waals surface area (Å²) in [6.07, 6.45) is 4.86. The van der Waals surface area contributed by atoms with Gasteiger partial charge in [0.1, 0.15) is 39.7 Å². The number of carbonyl (C=O) groups excluding carboxylic acids is 4. The van der Waals surface area contributed by atoms with Crippen LogP contribution in [0.15, 0.2) is 48.5 Å². The van der Waals surface area contributed by atoms with Crippen LogP contribution in [-0.4, -0.2) is 92.7 Å². The Morgan fingerprint density at radius 1 is 1.09 bits per heavy atom. The van der Waals surface area contributed by atoms with Crippen molar-refractivity contribution in [2.45, 2.75) is 113 Å². The number of alkyl carbamates (subject to hydrolysis) is 1. The second-order valence-corrected chi connectivity index (χ2v) is 18.0. The lowest BCUT2D eigenvalue weighted by molar-refractivity contribution is -0.144.